The number of nitrogens with one attached hydrogen (secondary N) is 4. The molecule has 1 aliphatic rings. The van der Waals surface area contributed by atoms with Crippen molar-refractivity contribution in [3.8, 4) is 0 Å². The van der Waals surface area contributed by atoms with Gasteiger partial charge in [0.2, 0.25) is 29.5 Å². The van der Waals surface area contributed by atoms with Gasteiger partial charge < -0.3 is 36.6 Å². The van der Waals surface area contributed by atoms with Gasteiger partial charge in [-0.2, -0.15) is 0 Å². The average Bonchev–Trinajstić information content (AvgIpc) is 3.33. The molecule has 6 N–H and O–H groups in total. The minimum atomic E-state index is -0.963. The van der Waals surface area contributed by atoms with E-state index in [1.54, 1.807) is 31.3 Å². The molecule has 45 heavy (non-hydrogen) atoms. The summed E-state index contributed by atoms with van der Waals surface area (Å²) in [5, 5.41) is 10.3. The van der Waals surface area contributed by atoms with E-state index >= 15 is 0 Å². The van der Waals surface area contributed by atoms with Crippen LogP contribution >= 0.6 is 0 Å². The molecule has 1 unspecified atom stereocenters. The van der Waals surface area contributed by atoms with Crippen molar-refractivity contribution >= 4 is 47.3 Å². The van der Waals surface area contributed by atoms with Crippen molar-refractivity contribution in [2.45, 2.75) is 77.4 Å². The first-order valence-corrected chi connectivity index (χ1v) is 15.2. The molecular weight excluding hydrogens is 586 g/mol. The largest absolute Gasteiger partial charge is 0.445 e. The number of nitrogens with two attached hydrogens (primary N) is 1. The third-order valence-corrected chi connectivity index (χ3v) is 6.96. The first kappa shape index (κ1) is 36.5. The molecule has 1 atom stereocenters. The van der Waals surface area contributed by atoms with Crippen LogP contribution < -0.4 is 27.0 Å². The van der Waals surface area contributed by atoms with Crippen LogP contribution in [-0.2, 0) is 35.3 Å². The number of amides is 8. The average molecular weight is 632 g/mol. The number of hydrogen-bond acceptors (Lipinski definition) is 8. The third kappa shape index (κ3) is 14.1. The molecule has 1 aromatic rings. The van der Waals surface area contributed by atoms with Gasteiger partial charge >= 0.3 is 12.1 Å². The van der Waals surface area contributed by atoms with Crippen molar-refractivity contribution in [2.24, 2.45) is 5.73 Å². The van der Waals surface area contributed by atoms with Crippen LogP contribution in [0.15, 0.2) is 24.3 Å². The lowest BCUT2D eigenvalue weighted by Crippen LogP contribution is -2.47. The van der Waals surface area contributed by atoms with Gasteiger partial charge in [-0.05, 0) is 49.8 Å². The third-order valence-electron chi connectivity index (χ3n) is 6.96. The number of nitrogens with zero attached hydrogens (tertiary/aromatic N) is 2. The zero-order valence-corrected chi connectivity index (χ0v) is 26.0. The van der Waals surface area contributed by atoms with Crippen LogP contribution in [0.1, 0.15) is 70.3 Å². The first-order valence-electron chi connectivity index (χ1n) is 15.2. The maximum absolute atomic E-state index is 13.0. The first-order chi connectivity index (χ1) is 21.5. The molecule has 0 bridgehead atoms. The van der Waals surface area contributed by atoms with Crippen molar-refractivity contribution < 1.29 is 38.3 Å². The van der Waals surface area contributed by atoms with E-state index in [0.29, 0.717) is 44.5 Å². The molecule has 15 heteroatoms. The predicted octanol–water partition coefficient (Wildman–Crippen LogP) is 1.36. The Hall–Kier alpha value is -4.69. The Morgan fingerprint density at radius 1 is 0.956 bits per heavy atom. The molecule has 0 aliphatic carbocycles. The number of urea groups is 1. The molecule has 0 spiro atoms. The van der Waals surface area contributed by atoms with Crippen LogP contribution in [0.5, 0.6) is 0 Å². The maximum atomic E-state index is 13.0. The Balaban J connectivity index is 1.80. The highest BCUT2D eigenvalue weighted by Crippen LogP contribution is 2.14. The number of carbonyl (C=O) groups is 7. The van der Waals surface area contributed by atoms with E-state index in [0.717, 1.165) is 12.0 Å². The van der Waals surface area contributed by atoms with E-state index in [2.05, 4.69) is 21.3 Å². The quantitative estimate of drug-likeness (QED) is 0.111. The van der Waals surface area contributed by atoms with Gasteiger partial charge in [0, 0.05) is 51.6 Å². The highest BCUT2D eigenvalue weighted by Gasteiger charge is 2.28. The number of ether oxygens (including phenoxy) is 1. The van der Waals surface area contributed by atoms with E-state index in [9.17, 15) is 33.6 Å². The monoisotopic (exact) mass is 631 g/mol. The molecule has 2 rings (SSSR count). The molecule has 248 valence electrons. The smallest absolute Gasteiger partial charge is 0.409 e. The van der Waals surface area contributed by atoms with Crippen LogP contribution in [0.3, 0.4) is 0 Å². The van der Waals surface area contributed by atoms with Gasteiger partial charge in [-0.1, -0.05) is 25.5 Å². The second-order valence-electron chi connectivity index (χ2n) is 10.7. The molecule has 0 radical (unpaired) electrons. The Morgan fingerprint density at radius 3 is 2.29 bits per heavy atom. The van der Waals surface area contributed by atoms with Gasteiger partial charge in [-0.25, -0.2) is 9.59 Å². The molecule has 8 amide bonds. The number of hydrogen-bond donors (Lipinski definition) is 5. The lowest BCUT2D eigenvalue weighted by molar-refractivity contribution is -0.138. The number of benzene rings is 1. The second kappa shape index (κ2) is 19.6. The van der Waals surface area contributed by atoms with E-state index in [4.69, 9.17) is 10.5 Å². The van der Waals surface area contributed by atoms with Gasteiger partial charge in [-0.3, -0.25) is 28.9 Å². The van der Waals surface area contributed by atoms with Crippen molar-refractivity contribution in [1.82, 2.24) is 25.8 Å². The summed E-state index contributed by atoms with van der Waals surface area (Å²) in [6, 6.07) is 5.03. The Morgan fingerprint density at radius 2 is 1.64 bits per heavy atom. The summed E-state index contributed by atoms with van der Waals surface area (Å²) in [5.41, 5.74) is 6.27. The molecular formula is C30H45N7O8. The van der Waals surface area contributed by atoms with E-state index in [1.807, 2.05) is 6.92 Å². The maximum Gasteiger partial charge on any atom is 0.409 e. The van der Waals surface area contributed by atoms with Crippen LogP contribution in [0.2, 0.25) is 0 Å². The van der Waals surface area contributed by atoms with Crippen molar-refractivity contribution in [1.29, 1.82) is 0 Å². The molecule has 1 aliphatic heterocycles. The summed E-state index contributed by atoms with van der Waals surface area (Å²) >= 11 is 0. The highest BCUT2D eigenvalue weighted by molar-refractivity contribution is 6.02. The fraction of sp³-hybridized carbons (Fsp3) is 0.567. The van der Waals surface area contributed by atoms with Gasteiger partial charge in [0.25, 0.3) is 0 Å². The molecule has 1 fully saturated rings. The number of imide groups is 1. The second-order valence-corrected chi connectivity index (χ2v) is 10.7. The zero-order valence-electron chi connectivity index (χ0n) is 26.0. The SMILES string of the molecule is CCCN(C)C(=O)OCc1ccc(NC(=O)C(CCCNC(N)=O)NC(=O)CNC(=O)CCCCCN2C(=O)CCC2=O)cc1. The van der Waals surface area contributed by atoms with Gasteiger partial charge in [0.1, 0.15) is 12.6 Å². The Labute approximate surface area is 262 Å². The summed E-state index contributed by atoms with van der Waals surface area (Å²) in [6.07, 6.45) is 3.35. The Bertz CT molecular complexity index is 1180. The van der Waals surface area contributed by atoms with Crippen LogP contribution in [-0.4, -0.2) is 90.7 Å². The van der Waals surface area contributed by atoms with Gasteiger partial charge in [0.05, 0.1) is 6.54 Å². The minimum Gasteiger partial charge on any atom is -0.445 e. The Kier molecular flexibility index (Phi) is 15.9. The number of carbonyl (C=O) groups excluding carboxylic acids is 7. The van der Waals surface area contributed by atoms with Crippen LogP contribution in [0.25, 0.3) is 0 Å². The molecule has 1 aromatic carbocycles. The topological polar surface area (TPSA) is 209 Å². The van der Waals surface area contributed by atoms with Crippen LogP contribution in [0, 0.1) is 0 Å². The minimum absolute atomic E-state index is 0.0685. The number of primary amides is 1. The normalized spacial score (nSPS) is 13.2. The summed E-state index contributed by atoms with van der Waals surface area (Å²) < 4.78 is 5.27. The number of anilines is 1. The van der Waals surface area contributed by atoms with Gasteiger partial charge in [-0.15, -0.1) is 0 Å². The van der Waals surface area contributed by atoms with Gasteiger partial charge in [0.15, 0.2) is 0 Å². The summed E-state index contributed by atoms with van der Waals surface area (Å²) in [7, 11) is 1.66. The molecule has 1 heterocycles. The van der Waals surface area contributed by atoms with Crippen molar-refractivity contribution in [3.05, 3.63) is 29.8 Å². The van der Waals surface area contributed by atoms with E-state index in [-0.39, 0.29) is 63.1 Å². The lowest BCUT2D eigenvalue weighted by Gasteiger charge is -2.19. The fourth-order valence-corrected chi connectivity index (χ4v) is 4.50. The van der Waals surface area contributed by atoms with Crippen molar-refractivity contribution in [2.75, 3.05) is 38.5 Å². The van der Waals surface area contributed by atoms with E-state index < -0.39 is 30.0 Å². The lowest BCUT2D eigenvalue weighted by atomic mass is 10.1. The number of likely N-dealkylation sites (tertiary alicyclic amines) is 1. The number of unbranched alkanes of at least 4 members (excludes halogenated alkanes) is 2. The predicted molar refractivity (Wildman–Crippen MR) is 164 cm³/mol. The fourth-order valence-electron chi connectivity index (χ4n) is 4.50. The summed E-state index contributed by atoms with van der Waals surface area (Å²) in [4.78, 5) is 86.8. The molecule has 15 nitrogen and oxygen atoms in total. The van der Waals surface area contributed by atoms with Crippen molar-refractivity contribution in [3.63, 3.8) is 0 Å². The number of rotatable bonds is 19. The van der Waals surface area contributed by atoms with E-state index in [1.165, 1.54) is 9.80 Å². The highest BCUT2D eigenvalue weighted by atomic mass is 16.6. The molecule has 0 aromatic heterocycles. The summed E-state index contributed by atoms with van der Waals surface area (Å²) in [5.74, 6) is -1.73. The van der Waals surface area contributed by atoms with Crippen LogP contribution in [0.4, 0.5) is 15.3 Å². The zero-order chi connectivity index (χ0) is 33.2. The standard InChI is InChI=1S/C30H45N7O8/c1-3-17-36(2)30(44)45-20-21-10-12-22(13-11-21)34-28(42)23(8-7-16-32-29(31)43)35-25(39)19-33-24(38)9-5-4-6-18-37-26(40)14-15-27(37)41/h10-13,23H,3-9,14-20H2,1-2H3,(H,33,38)(H,34,42)(H,35,39)(H3,31,32,43). The molecule has 0 saturated carbocycles. The summed E-state index contributed by atoms with van der Waals surface area (Å²) in [6.45, 7) is 2.82. The molecule has 1 saturated heterocycles.